The summed E-state index contributed by atoms with van der Waals surface area (Å²) in [6, 6.07) is 9.98. The first kappa shape index (κ1) is 13.3. The first-order chi connectivity index (χ1) is 8.63. The summed E-state index contributed by atoms with van der Waals surface area (Å²) in [5.41, 5.74) is 2.19. The van der Waals surface area contributed by atoms with Gasteiger partial charge in [-0.15, -0.1) is 11.3 Å². The van der Waals surface area contributed by atoms with Gasteiger partial charge in [0.15, 0.2) is 0 Å². The van der Waals surface area contributed by atoms with Gasteiger partial charge >= 0.3 is 0 Å². The van der Waals surface area contributed by atoms with Crippen molar-refractivity contribution in [1.82, 2.24) is 0 Å². The first-order valence-electron chi connectivity index (χ1n) is 5.73. The number of carbonyl (C=O) groups is 1. The zero-order valence-electron chi connectivity index (χ0n) is 10.3. The average molecular weight is 324 g/mol. The molecular weight excluding hydrogens is 310 g/mol. The molecule has 0 aliphatic heterocycles. The maximum Gasteiger partial charge on any atom is 0.269 e. The lowest BCUT2D eigenvalue weighted by Crippen LogP contribution is -2.25. The molecule has 1 heterocycles. The van der Waals surface area contributed by atoms with Gasteiger partial charge in [0.25, 0.3) is 5.91 Å². The zero-order chi connectivity index (χ0) is 13.1. The van der Waals surface area contributed by atoms with Crippen LogP contribution in [0.25, 0.3) is 0 Å². The minimum atomic E-state index is 0.0149. The molecule has 2 rings (SSSR count). The molecular formula is C14H14BrNOS. The number of nitrogens with zero attached hydrogens (tertiary/aromatic N) is 1. The number of aryl methyl sites for hydroxylation is 1. The Labute approximate surface area is 119 Å². The molecule has 1 amide bonds. The van der Waals surface area contributed by atoms with Crippen LogP contribution < -0.4 is 4.90 Å². The maximum absolute atomic E-state index is 12.3. The maximum atomic E-state index is 12.3. The van der Waals surface area contributed by atoms with Gasteiger partial charge in [0.05, 0.1) is 0 Å². The van der Waals surface area contributed by atoms with Crippen LogP contribution in [0.3, 0.4) is 0 Å². The van der Waals surface area contributed by atoms with Crippen LogP contribution >= 0.6 is 27.3 Å². The lowest BCUT2D eigenvalue weighted by atomic mass is 10.1. The lowest BCUT2D eigenvalue weighted by Gasteiger charge is -2.17. The predicted molar refractivity (Wildman–Crippen MR) is 80.6 cm³/mol. The summed E-state index contributed by atoms with van der Waals surface area (Å²) in [7, 11) is 1.80. The van der Waals surface area contributed by atoms with Gasteiger partial charge < -0.3 is 4.90 Å². The van der Waals surface area contributed by atoms with Crippen LogP contribution in [0, 0.1) is 0 Å². The van der Waals surface area contributed by atoms with Crippen molar-refractivity contribution in [3.8, 4) is 0 Å². The van der Waals surface area contributed by atoms with Crippen LogP contribution in [-0.2, 0) is 6.42 Å². The molecule has 0 N–H and O–H groups in total. The smallest absolute Gasteiger partial charge is 0.269 e. The van der Waals surface area contributed by atoms with Crippen LogP contribution in [0.4, 0.5) is 5.69 Å². The van der Waals surface area contributed by atoms with Crippen LogP contribution in [-0.4, -0.2) is 13.0 Å². The summed E-state index contributed by atoms with van der Waals surface area (Å²) < 4.78 is 0.856. The number of hydrogen-bond acceptors (Lipinski definition) is 2. The highest BCUT2D eigenvalue weighted by Crippen LogP contribution is 2.26. The molecule has 0 bridgehead atoms. The molecule has 0 saturated heterocycles. The van der Waals surface area contributed by atoms with E-state index in [1.165, 1.54) is 16.9 Å². The van der Waals surface area contributed by atoms with Gasteiger partial charge in [-0.3, -0.25) is 4.79 Å². The Morgan fingerprint density at radius 1 is 1.28 bits per heavy atom. The summed E-state index contributed by atoms with van der Waals surface area (Å²) in [6.45, 7) is 2.12. The third kappa shape index (κ3) is 2.65. The van der Waals surface area contributed by atoms with Crippen molar-refractivity contribution in [2.75, 3.05) is 11.9 Å². The molecule has 0 saturated carbocycles. The number of benzene rings is 1. The normalized spacial score (nSPS) is 10.4. The number of carbonyl (C=O) groups excluding carboxylic acids is 1. The monoisotopic (exact) mass is 323 g/mol. The van der Waals surface area contributed by atoms with Gasteiger partial charge in [0.1, 0.15) is 4.88 Å². The number of thiophene rings is 1. The Balaban J connectivity index is 2.23. The second kappa shape index (κ2) is 5.67. The summed E-state index contributed by atoms with van der Waals surface area (Å²) in [5.74, 6) is 0.0149. The number of halogens is 1. The Hall–Kier alpha value is -1.13. The fraction of sp³-hybridized carbons (Fsp3) is 0.214. The Morgan fingerprint density at radius 2 is 1.94 bits per heavy atom. The van der Waals surface area contributed by atoms with Gasteiger partial charge in [0.2, 0.25) is 0 Å². The second-order valence-electron chi connectivity index (χ2n) is 3.98. The lowest BCUT2D eigenvalue weighted by molar-refractivity contribution is 0.0996. The van der Waals surface area contributed by atoms with Crippen LogP contribution in [0.2, 0.25) is 0 Å². The predicted octanol–water partition coefficient (Wildman–Crippen LogP) is 4.35. The molecule has 18 heavy (non-hydrogen) atoms. The Morgan fingerprint density at radius 3 is 2.44 bits per heavy atom. The fourth-order valence-corrected chi connectivity index (χ4v) is 3.19. The molecule has 0 spiro atoms. The van der Waals surface area contributed by atoms with E-state index in [0.29, 0.717) is 0 Å². The van der Waals surface area contributed by atoms with E-state index in [0.717, 1.165) is 21.5 Å². The largest absolute Gasteiger partial charge is 0.311 e. The zero-order valence-corrected chi connectivity index (χ0v) is 12.7. The molecule has 0 fully saturated rings. The van der Waals surface area contributed by atoms with Gasteiger partial charge in [0, 0.05) is 17.2 Å². The molecule has 2 aromatic rings. The van der Waals surface area contributed by atoms with E-state index in [1.807, 2.05) is 23.6 Å². The van der Waals surface area contributed by atoms with Crippen molar-refractivity contribution < 1.29 is 4.79 Å². The van der Waals surface area contributed by atoms with E-state index in [9.17, 15) is 4.79 Å². The highest BCUT2D eigenvalue weighted by molar-refractivity contribution is 9.10. The van der Waals surface area contributed by atoms with E-state index in [2.05, 4.69) is 35.0 Å². The Kier molecular flexibility index (Phi) is 4.19. The standard InChI is InChI=1S/C14H14BrNOS/c1-3-10-4-6-11(7-5-10)16(2)14(17)13-12(15)8-9-18-13/h4-9H,3H2,1-2H3. The molecule has 0 radical (unpaired) electrons. The van der Waals surface area contributed by atoms with Crippen molar-refractivity contribution in [2.45, 2.75) is 13.3 Å². The third-order valence-corrected chi connectivity index (χ3v) is 4.67. The van der Waals surface area contributed by atoms with E-state index < -0.39 is 0 Å². The number of anilines is 1. The highest BCUT2D eigenvalue weighted by atomic mass is 79.9. The highest BCUT2D eigenvalue weighted by Gasteiger charge is 2.17. The number of rotatable bonds is 3. The van der Waals surface area contributed by atoms with Gasteiger partial charge in [-0.25, -0.2) is 0 Å². The van der Waals surface area contributed by atoms with Gasteiger partial charge in [-0.05, 0) is 51.5 Å². The Bertz CT molecular complexity index is 547. The topological polar surface area (TPSA) is 20.3 Å². The van der Waals surface area contributed by atoms with Crippen molar-refractivity contribution in [3.63, 3.8) is 0 Å². The van der Waals surface area contributed by atoms with E-state index in [4.69, 9.17) is 0 Å². The molecule has 0 unspecified atom stereocenters. The van der Waals surface area contributed by atoms with E-state index in [-0.39, 0.29) is 5.91 Å². The van der Waals surface area contributed by atoms with E-state index in [1.54, 1.807) is 11.9 Å². The minimum Gasteiger partial charge on any atom is -0.311 e. The van der Waals surface area contributed by atoms with Crippen molar-refractivity contribution in [3.05, 3.63) is 50.6 Å². The third-order valence-electron chi connectivity index (χ3n) is 2.85. The quantitative estimate of drug-likeness (QED) is 0.822. The molecule has 0 aliphatic carbocycles. The fourth-order valence-electron chi connectivity index (χ4n) is 1.67. The summed E-state index contributed by atoms with van der Waals surface area (Å²) >= 11 is 4.84. The first-order valence-corrected chi connectivity index (χ1v) is 7.40. The molecule has 2 nitrogen and oxygen atoms in total. The molecule has 4 heteroatoms. The SMILES string of the molecule is CCc1ccc(N(C)C(=O)c2sccc2Br)cc1. The minimum absolute atomic E-state index is 0.0149. The summed E-state index contributed by atoms with van der Waals surface area (Å²) in [6.07, 6.45) is 1.01. The molecule has 1 aromatic heterocycles. The molecule has 1 aromatic carbocycles. The average Bonchev–Trinajstić information content (AvgIpc) is 2.83. The summed E-state index contributed by atoms with van der Waals surface area (Å²) in [4.78, 5) is 14.7. The molecule has 0 atom stereocenters. The van der Waals surface area contributed by atoms with Gasteiger partial charge in [-0.2, -0.15) is 0 Å². The molecule has 94 valence electrons. The van der Waals surface area contributed by atoms with Crippen LogP contribution in [0.5, 0.6) is 0 Å². The van der Waals surface area contributed by atoms with E-state index >= 15 is 0 Å². The van der Waals surface area contributed by atoms with Crippen LogP contribution in [0.1, 0.15) is 22.2 Å². The van der Waals surface area contributed by atoms with Crippen molar-refractivity contribution in [1.29, 1.82) is 0 Å². The number of amides is 1. The van der Waals surface area contributed by atoms with Crippen LogP contribution in [0.15, 0.2) is 40.2 Å². The van der Waals surface area contributed by atoms with Crippen molar-refractivity contribution in [2.24, 2.45) is 0 Å². The molecule has 0 aliphatic rings. The van der Waals surface area contributed by atoms with Gasteiger partial charge in [-0.1, -0.05) is 19.1 Å². The second-order valence-corrected chi connectivity index (χ2v) is 5.75. The van der Waals surface area contributed by atoms with Crippen molar-refractivity contribution >= 4 is 38.9 Å². The number of hydrogen-bond donors (Lipinski definition) is 0. The summed E-state index contributed by atoms with van der Waals surface area (Å²) in [5, 5.41) is 1.91.